The largest absolute Gasteiger partial charge is 0.481 e. The Morgan fingerprint density at radius 2 is 1.44 bits per heavy atom. The van der Waals surface area contributed by atoms with E-state index in [1.165, 1.54) is 0 Å². The van der Waals surface area contributed by atoms with E-state index in [1.807, 2.05) is 0 Å². The van der Waals surface area contributed by atoms with Gasteiger partial charge in [-0.05, 0) is 32.6 Å². The maximum atomic E-state index is 12.4. The highest BCUT2D eigenvalue weighted by atomic mass is 16.5. The lowest BCUT2D eigenvalue weighted by atomic mass is 9.50. The SMILES string of the molecule is CCOC(=O)C12CCCCC1(C(=O)O)CCCC2. The monoisotopic (exact) mass is 254 g/mol. The van der Waals surface area contributed by atoms with Crippen molar-refractivity contribution >= 4 is 11.9 Å². The van der Waals surface area contributed by atoms with Crippen LogP contribution in [0.5, 0.6) is 0 Å². The summed E-state index contributed by atoms with van der Waals surface area (Å²) in [6, 6.07) is 0. The van der Waals surface area contributed by atoms with Gasteiger partial charge in [0, 0.05) is 0 Å². The number of fused-ring (bicyclic) bond motifs is 1. The summed E-state index contributed by atoms with van der Waals surface area (Å²) in [7, 11) is 0. The molecule has 2 saturated carbocycles. The van der Waals surface area contributed by atoms with Crippen LogP contribution >= 0.6 is 0 Å². The quantitative estimate of drug-likeness (QED) is 0.786. The van der Waals surface area contributed by atoms with E-state index in [2.05, 4.69) is 0 Å². The molecule has 2 aliphatic carbocycles. The fraction of sp³-hybridized carbons (Fsp3) is 0.857. The molecule has 0 unspecified atom stereocenters. The predicted octanol–water partition coefficient (Wildman–Crippen LogP) is 2.75. The van der Waals surface area contributed by atoms with Gasteiger partial charge in [-0.3, -0.25) is 9.59 Å². The Morgan fingerprint density at radius 3 is 1.83 bits per heavy atom. The van der Waals surface area contributed by atoms with Crippen LogP contribution < -0.4 is 0 Å². The van der Waals surface area contributed by atoms with Crippen molar-refractivity contribution < 1.29 is 19.4 Å². The van der Waals surface area contributed by atoms with Gasteiger partial charge in [-0.1, -0.05) is 25.7 Å². The second-order valence-electron chi connectivity index (χ2n) is 5.60. The van der Waals surface area contributed by atoms with Crippen LogP contribution in [0.2, 0.25) is 0 Å². The number of hydrogen-bond donors (Lipinski definition) is 1. The first-order chi connectivity index (χ1) is 8.59. The van der Waals surface area contributed by atoms with Crippen molar-refractivity contribution in [3.63, 3.8) is 0 Å². The summed E-state index contributed by atoms with van der Waals surface area (Å²) in [5.41, 5.74) is -1.62. The smallest absolute Gasteiger partial charge is 0.313 e. The molecule has 0 bridgehead atoms. The predicted molar refractivity (Wildman–Crippen MR) is 66.1 cm³/mol. The van der Waals surface area contributed by atoms with Crippen LogP contribution in [-0.4, -0.2) is 23.7 Å². The van der Waals surface area contributed by atoms with Gasteiger partial charge in [-0.2, -0.15) is 0 Å². The van der Waals surface area contributed by atoms with Crippen LogP contribution in [0.3, 0.4) is 0 Å². The fourth-order valence-electron chi connectivity index (χ4n) is 4.00. The first-order valence-corrected chi connectivity index (χ1v) is 7.00. The summed E-state index contributed by atoms with van der Waals surface area (Å²) in [4.78, 5) is 24.2. The average Bonchev–Trinajstić information content (AvgIpc) is 2.38. The lowest BCUT2D eigenvalue weighted by molar-refractivity contribution is -0.189. The molecule has 2 rings (SSSR count). The molecule has 0 heterocycles. The molecule has 0 amide bonds. The second kappa shape index (κ2) is 4.90. The van der Waals surface area contributed by atoms with Crippen molar-refractivity contribution in [2.45, 2.75) is 58.3 Å². The molecule has 102 valence electrons. The number of rotatable bonds is 3. The molecule has 2 fully saturated rings. The zero-order valence-corrected chi connectivity index (χ0v) is 11.0. The zero-order valence-electron chi connectivity index (χ0n) is 11.0. The number of carbonyl (C=O) groups excluding carboxylic acids is 1. The molecule has 4 nitrogen and oxygen atoms in total. The molecule has 4 heteroatoms. The number of aliphatic carboxylic acids is 1. The second-order valence-corrected chi connectivity index (χ2v) is 5.60. The highest BCUT2D eigenvalue weighted by Crippen LogP contribution is 2.59. The minimum absolute atomic E-state index is 0.271. The van der Waals surface area contributed by atoms with Gasteiger partial charge in [0.1, 0.15) is 0 Å². The first kappa shape index (κ1) is 13.4. The van der Waals surface area contributed by atoms with Crippen LogP contribution in [0.25, 0.3) is 0 Å². The van der Waals surface area contributed by atoms with Gasteiger partial charge in [0.25, 0.3) is 0 Å². The summed E-state index contributed by atoms with van der Waals surface area (Å²) in [5, 5.41) is 9.70. The van der Waals surface area contributed by atoms with Gasteiger partial charge in [0.05, 0.1) is 17.4 Å². The van der Waals surface area contributed by atoms with Gasteiger partial charge < -0.3 is 9.84 Å². The van der Waals surface area contributed by atoms with Crippen molar-refractivity contribution in [2.75, 3.05) is 6.61 Å². The summed E-state index contributed by atoms with van der Waals surface area (Å²) < 4.78 is 5.21. The minimum Gasteiger partial charge on any atom is -0.481 e. The minimum atomic E-state index is -0.865. The molecule has 18 heavy (non-hydrogen) atoms. The van der Waals surface area contributed by atoms with E-state index < -0.39 is 16.8 Å². The van der Waals surface area contributed by atoms with E-state index in [9.17, 15) is 14.7 Å². The Kier molecular flexibility index (Phi) is 3.64. The van der Waals surface area contributed by atoms with Crippen molar-refractivity contribution in [2.24, 2.45) is 10.8 Å². The van der Waals surface area contributed by atoms with E-state index in [0.29, 0.717) is 32.3 Å². The van der Waals surface area contributed by atoms with Gasteiger partial charge in [-0.25, -0.2) is 0 Å². The molecular weight excluding hydrogens is 232 g/mol. The van der Waals surface area contributed by atoms with Crippen molar-refractivity contribution in [3.05, 3.63) is 0 Å². The molecule has 1 N–H and O–H groups in total. The molecule has 0 radical (unpaired) electrons. The Bertz CT molecular complexity index is 336. The van der Waals surface area contributed by atoms with Crippen LogP contribution in [0, 0.1) is 10.8 Å². The molecular formula is C14H22O4. The number of carbonyl (C=O) groups is 2. The lowest BCUT2D eigenvalue weighted by Crippen LogP contribution is -2.56. The highest BCUT2D eigenvalue weighted by Gasteiger charge is 2.63. The van der Waals surface area contributed by atoms with Crippen LogP contribution in [0.4, 0.5) is 0 Å². The molecule has 0 atom stereocenters. The van der Waals surface area contributed by atoms with E-state index >= 15 is 0 Å². The third-order valence-electron chi connectivity index (χ3n) is 4.91. The summed E-state index contributed by atoms with van der Waals surface area (Å²) in [5.74, 6) is -1.07. The number of esters is 1. The van der Waals surface area contributed by atoms with Gasteiger partial charge in [0.15, 0.2) is 0 Å². The molecule has 0 aliphatic heterocycles. The maximum Gasteiger partial charge on any atom is 0.313 e. The van der Waals surface area contributed by atoms with Crippen LogP contribution in [-0.2, 0) is 14.3 Å². The van der Waals surface area contributed by atoms with Gasteiger partial charge in [-0.15, -0.1) is 0 Å². The third kappa shape index (κ3) is 1.73. The standard InChI is InChI=1S/C14H22O4/c1-2-18-12(17)14-9-5-3-7-13(14,11(15)16)8-4-6-10-14/h2-10H2,1H3,(H,15,16). The Morgan fingerprint density at radius 1 is 1.00 bits per heavy atom. The van der Waals surface area contributed by atoms with Crippen molar-refractivity contribution in [3.8, 4) is 0 Å². The maximum absolute atomic E-state index is 12.4. The van der Waals surface area contributed by atoms with Crippen LogP contribution in [0.1, 0.15) is 58.3 Å². The number of hydrogen-bond acceptors (Lipinski definition) is 3. The van der Waals surface area contributed by atoms with Crippen molar-refractivity contribution in [1.29, 1.82) is 0 Å². The molecule has 0 saturated heterocycles. The number of carboxylic acids is 1. The fourth-order valence-corrected chi connectivity index (χ4v) is 4.00. The molecule has 2 aliphatic rings. The summed E-state index contributed by atoms with van der Waals surface area (Å²) in [6.45, 7) is 2.11. The Hall–Kier alpha value is -1.06. The van der Waals surface area contributed by atoms with E-state index in [1.54, 1.807) is 6.92 Å². The molecule has 0 aromatic heterocycles. The van der Waals surface area contributed by atoms with E-state index in [-0.39, 0.29) is 5.97 Å². The Labute approximate surface area is 108 Å². The van der Waals surface area contributed by atoms with Gasteiger partial charge in [0.2, 0.25) is 0 Å². The van der Waals surface area contributed by atoms with Gasteiger partial charge >= 0.3 is 11.9 Å². The highest BCUT2D eigenvalue weighted by molar-refractivity contribution is 5.88. The first-order valence-electron chi connectivity index (χ1n) is 7.00. The zero-order chi connectivity index (χ0) is 13.2. The number of carboxylic acid groups (broad SMARTS) is 1. The molecule has 0 aromatic rings. The molecule has 0 aromatic carbocycles. The van der Waals surface area contributed by atoms with E-state index in [0.717, 1.165) is 25.7 Å². The third-order valence-corrected chi connectivity index (χ3v) is 4.91. The number of ether oxygens (including phenoxy) is 1. The summed E-state index contributed by atoms with van der Waals surface area (Å²) in [6.07, 6.45) is 6.31. The normalized spacial score (nSPS) is 35.6. The topological polar surface area (TPSA) is 63.6 Å². The van der Waals surface area contributed by atoms with Crippen LogP contribution in [0.15, 0.2) is 0 Å². The van der Waals surface area contributed by atoms with Crippen molar-refractivity contribution in [1.82, 2.24) is 0 Å². The Balaban J connectivity index is 2.41. The average molecular weight is 254 g/mol. The van der Waals surface area contributed by atoms with E-state index in [4.69, 9.17) is 4.74 Å². The summed E-state index contributed by atoms with van der Waals surface area (Å²) >= 11 is 0. The molecule has 0 spiro atoms. The lowest BCUT2D eigenvalue weighted by Gasteiger charge is -2.52.